The number of sulfonamides is 1. The van der Waals surface area contributed by atoms with Gasteiger partial charge in [-0.2, -0.15) is 0 Å². The quantitative estimate of drug-likeness (QED) is 0.730. The molecule has 0 atom stereocenters. The zero-order valence-corrected chi connectivity index (χ0v) is 15.2. The highest BCUT2D eigenvalue weighted by molar-refractivity contribution is 7.89. The maximum Gasteiger partial charge on any atom is 0.240 e. The fraction of sp³-hybridized carbons (Fsp3) is 0.0556. The number of aromatic nitrogens is 1. The normalized spacial score (nSPS) is 11.4. The molecule has 8 heteroatoms. The minimum absolute atomic E-state index is 0.416. The first kappa shape index (κ1) is 18.3. The minimum Gasteiger partial charge on any atom is -0.495 e. The lowest BCUT2D eigenvalue weighted by atomic mass is 9.99. The SMILES string of the molecule is COc1cc(-c2cccnc2-c2ccc(S(N)(=O)=O)c(F)c2)ccc1Cl. The Bertz CT molecular complexity index is 1090. The van der Waals surface area contributed by atoms with Crippen LogP contribution in [0.5, 0.6) is 5.75 Å². The lowest BCUT2D eigenvalue weighted by Gasteiger charge is -2.12. The summed E-state index contributed by atoms with van der Waals surface area (Å²) in [5.41, 5.74) is 2.38. The summed E-state index contributed by atoms with van der Waals surface area (Å²) in [5, 5.41) is 5.47. The summed E-state index contributed by atoms with van der Waals surface area (Å²) in [6, 6.07) is 12.5. The average Bonchev–Trinajstić information content (AvgIpc) is 2.61. The Labute approximate surface area is 155 Å². The van der Waals surface area contributed by atoms with E-state index in [1.165, 1.54) is 13.2 Å². The Morgan fingerprint density at radius 2 is 1.85 bits per heavy atom. The van der Waals surface area contributed by atoms with E-state index in [0.717, 1.165) is 17.7 Å². The third-order valence-electron chi connectivity index (χ3n) is 3.78. The molecule has 26 heavy (non-hydrogen) atoms. The number of halogens is 2. The van der Waals surface area contributed by atoms with Crippen LogP contribution < -0.4 is 9.88 Å². The molecule has 0 fully saturated rings. The summed E-state index contributed by atoms with van der Waals surface area (Å²) < 4.78 is 42.2. The molecular weight excluding hydrogens is 379 g/mol. The molecule has 5 nitrogen and oxygen atoms in total. The summed E-state index contributed by atoms with van der Waals surface area (Å²) in [7, 11) is -2.62. The van der Waals surface area contributed by atoms with Crippen molar-refractivity contribution in [2.75, 3.05) is 7.11 Å². The van der Waals surface area contributed by atoms with E-state index in [0.29, 0.717) is 27.6 Å². The molecule has 0 aliphatic rings. The van der Waals surface area contributed by atoms with Gasteiger partial charge in [0.15, 0.2) is 0 Å². The Kier molecular flexibility index (Phi) is 4.95. The van der Waals surface area contributed by atoms with Gasteiger partial charge in [-0.1, -0.05) is 29.8 Å². The Hall–Kier alpha value is -2.48. The highest BCUT2D eigenvalue weighted by Gasteiger charge is 2.17. The number of pyridine rings is 1. The Morgan fingerprint density at radius 1 is 1.12 bits per heavy atom. The number of hydrogen-bond donors (Lipinski definition) is 1. The third-order valence-corrected chi connectivity index (χ3v) is 5.04. The fourth-order valence-corrected chi connectivity index (χ4v) is 3.36. The maximum absolute atomic E-state index is 14.2. The minimum atomic E-state index is -4.14. The van der Waals surface area contributed by atoms with E-state index in [4.69, 9.17) is 21.5 Å². The van der Waals surface area contributed by atoms with Gasteiger partial charge < -0.3 is 4.74 Å². The molecule has 0 saturated carbocycles. The molecule has 0 radical (unpaired) electrons. The molecule has 2 aromatic carbocycles. The number of nitrogens with zero attached hydrogens (tertiary/aromatic N) is 1. The average molecular weight is 393 g/mol. The molecule has 134 valence electrons. The van der Waals surface area contributed by atoms with Gasteiger partial charge >= 0.3 is 0 Å². The van der Waals surface area contributed by atoms with Crippen LogP contribution in [-0.2, 0) is 10.0 Å². The topological polar surface area (TPSA) is 82.3 Å². The van der Waals surface area contributed by atoms with Crippen molar-refractivity contribution in [2.45, 2.75) is 4.90 Å². The molecule has 0 saturated heterocycles. The second kappa shape index (κ2) is 7.03. The number of benzene rings is 2. The van der Waals surface area contributed by atoms with Crippen LogP contribution in [0.15, 0.2) is 59.6 Å². The molecule has 2 N–H and O–H groups in total. The molecule has 1 aromatic heterocycles. The molecule has 0 unspecified atom stereocenters. The van der Waals surface area contributed by atoms with Gasteiger partial charge in [-0.05, 0) is 35.9 Å². The second-order valence-electron chi connectivity index (χ2n) is 5.44. The summed E-state index contributed by atoms with van der Waals surface area (Å²) in [5.74, 6) is -0.440. The van der Waals surface area contributed by atoms with Gasteiger partial charge in [-0.3, -0.25) is 4.98 Å². The zero-order valence-electron chi connectivity index (χ0n) is 13.6. The van der Waals surface area contributed by atoms with Gasteiger partial charge in [0.1, 0.15) is 16.5 Å². The second-order valence-corrected chi connectivity index (χ2v) is 7.38. The zero-order chi connectivity index (χ0) is 18.9. The van der Waals surface area contributed by atoms with Crippen molar-refractivity contribution < 1.29 is 17.5 Å². The van der Waals surface area contributed by atoms with Crippen molar-refractivity contribution in [2.24, 2.45) is 5.14 Å². The summed E-state index contributed by atoms with van der Waals surface area (Å²) >= 11 is 6.06. The number of ether oxygens (including phenoxy) is 1. The lowest BCUT2D eigenvalue weighted by Crippen LogP contribution is -2.14. The summed E-state index contributed by atoms with van der Waals surface area (Å²) in [4.78, 5) is 3.75. The maximum atomic E-state index is 14.2. The smallest absolute Gasteiger partial charge is 0.240 e. The number of primary sulfonamides is 1. The molecule has 3 rings (SSSR count). The van der Waals surface area contributed by atoms with E-state index in [9.17, 15) is 12.8 Å². The summed E-state index contributed by atoms with van der Waals surface area (Å²) in [6.07, 6.45) is 1.57. The predicted molar refractivity (Wildman–Crippen MR) is 98.0 cm³/mol. The van der Waals surface area contributed by atoms with Crippen LogP contribution in [0.2, 0.25) is 5.02 Å². The molecular formula is C18H14ClFN2O3S. The van der Waals surface area contributed by atoms with Gasteiger partial charge in [0, 0.05) is 17.3 Å². The van der Waals surface area contributed by atoms with Gasteiger partial charge in [0.2, 0.25) is 10.0 Å². The first-order valence-electron chi connectivity index (χ1n) is 7.43. The standard InChI is InChI=1S/C18H14ClFN2O3S/c1-25-16-10-11(4-6-14(16)19)13-3-2-8-22-18(13)12-5-7-17(15(20)9-12)26(21,23)24/h2-10H,1H3,(H2,21,23,24). The fourth-order valence-electron chi connectivity index (χ4n) is 2.57. The van der Waals surface area contributed by atoms with Gasteiger partial charge in [-0.25, -0.2) is 17.9 Å². The van der Waals surface area contributed by atoms with Crippen LogP contribution in [0.25, 0.3) is 22.4 Å². The predicted octanol–water partition coefficient (Wildman–Crippen LogP) is 3.86. The highest BCUT2D eigenvalue weighted by atomic mass is 35.5. The van der Waals surface area contributed by atoms with Crippen molar-refractivity contribution in [3.8, 4) is 28.1 Å². The van der Waals surface area contributed by atoms with E-state index >= 15 is 0 Å². The van der Waals surface area contributed by atoms with E-state index in [1.54, 1.807) is 30.5 Å². The molecule has 1 heterocycles. The molecule has 0 aliphatic carbocycles. The van der Waals surface area contributed by atoms with E-state index < -0.39 is 20.7 Å². The van der Waals surface area contributed by atoms with Crippen molar-refractivity contribution >= 4 is 21.6 Å². The van der Waals surface area contributed by atoms with Crippen molar-refractivity contribution in [3.63, 3.8) is 0 Å². The Balaban J connectivity index is 2.16. The van der Waals surface area contributed by atoms with Crippen molar-refractivity contribution in [3.05, 3.63) is 65.6 Å². The highest BCUT2D eigenvalue weighted by Crippen LogP contribution is 2.35. The van der Waals surface area contributed by atoms with E-state index in [-0.39, 0.29) is 0 Å². The van der Waals surface area contributed by atoms with E-state index in [1.807, 2.05) is 6.07 Å². The molecule has 0 amide bonds. The summed E-state index contributed by atoms with van der Waals surface area (Å²) in [6.45, 7) is 0. The van der Waals surface area contributed by atoms with Crippen LogP contribution in [0.4, 0.5) is 4.39 Å². The number of hydrogen-bond acceptors (Lipinski definition) is 4. The molecule has 0 bridgehead atoms. The first-order chi connectivity index (χ1) is 12.3. The lowest BCUT2D eigenvalue weighted by molar-refractivity contribution is 0.415. The van der Waals surface area contributed by atoms with Crippen molar-refractivity contribution in [1.82, 2.24) is 4.98 Å². The van der Waals surface area contributed by atoms with Gasteiger partial charge in [-0.15, -0.1) is 0 Å². The van der Waals surface area contributed by atoms with Crippen LogP contribution in [0.3, 0.4) is 0 Å². The Morgan fingerprint density at radius 3 is 2.50 bits per heavy atom. The van der Waals surface area contributed by atoms with Crippen LogP contribution in [0, 0.1) is 5.82 Å². The van der Waals surface area contributed by atoms with E-state index in [2.05, 4.69) is 4.98 Å². The van der Waals surface area contributed by atoms with Gasteiger partial charge in [0.25, 0.3) is 0 Å². The number of rotatable bonds is 4. The van der Waals surface area contributed by atoms with Crippen molar-refractivity contribution in [1.29, 1.82) is 0 Å². The number of nitrogens with two attached hydrogens (primary N) is 1. The van der Waals surface area contributed by atoms with Crippen LogP contribution in [0.1, 0.15) is 0 Å². The third kappa shape index (κ3) is 3.55. The first-order valence-corrected chi connectivity index (χ1v) is 9.35. The molecule has 0 spiro atoms. The largest absolute Gasteiger partial charge is 0.495 e. The monoisotopic (exact) mass is 392 g/mol. The van der Waals surface area contributed by atoms with Crippen LogP contribution in [-0.4, -0.2) is 20.5 Å². The number of methoxy groups -OCH3 is 1. The van der Waals surface area contributed by atoms with Gasteiger partial charge in [0.05, 0.1) is 17.8 Å². The molecule has 3 aromatic rings. The molecule has 0 aliphatic heterocycles. The van der Waals surface area contributed by atoms with Crippen LogP contribution >= 0.6 is 11.6 Å².